The fourth-order valence-corrected chi connectivity index (χ4v) is 2.12. The quantitative estimate of drug-likeness (QED) is 0.873. The van der Waals surface area contributed by atoms with Crippen LogP contribution >= 0.6 is 11.6 Å². The van der Waals surface area contributed by atoms with Gasteiger partial charge in [0.25, 0.3) is 5.91 Å². The SMILES string of the molecule is COc1ccc([C@H](C)NC(=O)COc2ccc(Cl)cc2)cc1F. The molecule has 1 atom stereocenters. The van der Waals surface area contributed by atoms with E-state index in [9.17, 15) is 9.18 Å². The van der Waals surface area contributed by atoms with Crippen LogP contribution in [0.4, 0.5) is 4.39 Å². The van der Waals surface area contributed by atoms with Gasteiger partial charge in [-0.3, -0.25) is 4.79 Å². The molecule has 0 unspecified atom stereocenters. The van der Waals surface area contributed by atoms with Gasteiger partial charge in [-0.05, 0) is 48.9 Å². The Hall–Kier alpha value is -2.27. The summed E-state index contributed by atoms with van der Waals surface area (Å²) in [5, 5.41) is 3.34. The lowest BCUT2D eigenvalue weighted by molar-refractivity contribution is -0.123. The van der Waals surface area contributed by atoms with E-state index in [0.29, 0.717) is 16.3 Å². The van der Waals surface area contributed by atoms with Gasteiger partial charge in [0.15, 0.2) is 18.2 Å². The summed E-state index contributed by atoms with van der Waals surface area (Å²) in [6.45, 7) is 1.63. The molecule has 0 radical (unpaired) electrons. The molecule has 0 aromatic heterocycles. The predicted octanol–water partition coefficient (Wildman–Crippen LogP) is 3.74. The maximum Gasteiger partial charge on any atom is 0.258 e. The summed E-state index contributed by atoms with van der Waals surface area (Å²) in [5.41, 5.74) is 0.642. The van der Waals surface area contributed by atoms with Gasteiger partial charge in [0, 0.05) is 5.02 Å². The third-order valence-electron chi connectivity index (χ3n) is 3.24. The molecule has 0 spiro atoms. The molecular formula is C17H17ClFNO3. The smallest absolute Gasteiger partial charge is 0.258 e. The molecule has 2 aromatic rings. The molecule has 0 aliphatic carbocycles. The van der Waals surface area contributed by atoms with Crippen LogP contribution < -0.4 is 14.8 Å². The highest BCUT2D eigenvalue weighted by Gasteiger charge is 2.12. The van der Waals surface area contributed by atoms with Gasteiger partial charge in [-0.2, -0.15) is 0 Å². The molecular weight excluding hydrogens is 321 g/mol. The molecule has 0 saturated heterocycles. The molecule has 0 saturated carbocycles. The first-order valence-electron chi connectivity index (χ1n) is 7.00. The van der Waals surface area contributed by atoms with Gasteiger partial charge in [0.05, 0.1) is 13.2 Å². The molecule has 0 bridgehead atoms. The number of hydrogen-bond donors (Lipinski definition) is 1. The normalized spacial score (nSPS) is 11.7. The fraction of sp³-hybridized carbons (Fsp3) is 0.235. The van der Waals surface area contributed by atoms with Crippen LogP contribution in [0, 0.1) is 5.82 Å². The second-order valence-electron chi connectivity index (χ2n) is 4.93. The van der Waals surface area contributed by atoms with E-state index in [1.54, 1.807) is 37.3 Å². The Labute approximate surface area is 139 Å². The Morgan fingerprint density at radius 3 is 2.57 bits per heavy atom. The number of amides is 1. The number of carbonyl (C=O) groups excluding carboxylic acids is 1. The van der Waals surface area contributed by atoms with Gasteiger partial charge < -0.3 is 14.8 Å². The maximum absolute atomic E-state index is 13.7. The highest BCUT2D eigenvalue weighted by molar-refractivity contribution is 6.30. The van der Waals surface area contributed by atoms with Crippen molar-refractivity contribution in [2.24, 2.45) is 0 Å². The highest BCUT2D eigenvalue weighted by atomic mass is 35.5. The summed E-state index contributed by atoms with van der Waals surface area (Å²) in [5.74, 6) is -0.0572. The fourth-order valence-electron chi connectivity index (χ4n) is 2.00. The lowest BCUT2D eigenvalue weighted by atomic mass is 10.1. The van der Waals surface area contributed by atoms with Gasteiger partial charge in [0.2, 0.25) is 0 Å². The zero-order valence-electron chi connectivity index (χ0n) is 12.8. The topological polar surface area (TPSA) is 47.6 Å². The van der Waals surface area contributed by atoms with Crippen molar-refractivity contribution >= 4 is 17.5 Å². The van der Waals surface area contributed by atoms with Crippen LogP contribution in [0.15, 0.2) is 42.5 Å². The molecule has 4 nitrogen and oxygen atoms in total. The van der Waals surface area contributed by atoms with Gasteiger partial charge >= 0.3 is 0 Å². The molecule has 0 aliphatic rings. The van der Waals surface area contributed by atoms with Crippen molar-refractivity contribution in [2.45, 2.75) is 13.0 Å². The average molecular weight is 338 g/mol. The van der Waals surface area contributed by atoms with Gasteiger partial charge in [0.1, 0.15) is 5.75 Å². The summed E-state index contributed by atoms with van der Waals surface area (Å²) in [6, 6.07) is 10.9. The van der Waals surface area contributed by atoms with E-state index in [1.165, 1.54) is 19.2 Å². The summed E-state index contributed by atoms with van der Waals surface area (Å²) in [6.07, 6.45) is 0. The van der Waals surface area contributed by atoms with Gasteiger partial charge in [-0.1, -0.05) is 17.7 Å². The first-order chi connectivity index (χ1) is 11.0. The minimum absolute atomic E-state index is 0.134. The molecule has 1 N–H and O–H groups in total. The van der Waals surface area contributed by atoms with Crippen molar-refractivity contribution in [3.8, 4) is 11.5 Å². The minimum Gasteiger partial charge on any atom is -0.494 e. The number of benzene rings is 2. The maximum atomic E-state index is 13.7. The van der Waals surface area contributed by atoms with Crippen LogP contribution in [-0.2, 0) is 4.79 Å². The number of carbonyl (C=O) groups is 1. The van der Waals surface area contributed by atoms with Crippen LogP contribution in [0.2, 0.25) is 5.02 Å². The Morgan fingerprint density at radius 2 is 1.96 bits per heavy atom. The number of hydrogen-bond acceptors (Lipinski definition) is 3. The van der Waals surface area contributed by atoms with Crippen LogP contribution in [0.1, 0.15) is 18.5 Å². The monoisotopic (exact) mass is 337 g/mol. The Kier molecular flexibility index (Phi) is 5.82. The van der Waals surface area contributed by atoms with Crippen LogP contribution in [0.25, 0.3) is 0 Å². The lowest BCUT2D eigenvalue weighted by Crippen LogP contribution is -2.31. The molecule has 0 fully saturated rings. The highest BCUT2D eigenvalue weighted by Crippen LogP contribution is 2.21. The third kappa shape index (κ3) is 4.86. The molecule has 1 amide bonds. The summed E-state index contributed by atoms with van der Waals surface area (Å²) in [4.78, 5) is 11.9. The zero-order valence-corrected chi connectivity index (χ0v) is 13.6. The van der Waals surface area contributed by atoms with E-state index in [4.69, 9.17) is 21.1 Å². The summed E-state index contributed by atoms with van der Waals surface area (Å²) >= 11 is 5.77. The number of halogens is 2. The number of rotatable bonds is 6. The summed E-state index contributed by atoms with van der Waals surface area (Å²) < 4.78 is 23.9. The van der Waals surface area contributed by atoms with Crippen molar-refractivity contribution in [2.75, 3.05) is 13.7 Å². The van der Waals surface area contributed by atoms with E-state index in [2.05, 4.69) is 5.32 Å². The molecule has 23 heavy (non-hydrogen) atoms. The van der Waals surface area contributed by atoms with Gasteiger partial charge in [-0.15, -0.1) is 0 Å². The standard InChI is InChI=1S/C17H17ClFNO3/c1-11(12-3-8-16(22-2)15(19)9-12)20-17(21)10-23-14-6-4-13(18)5-7-14/h3-9,11H,10H2,1-2H3,(H,20,21)/t11-/m0/s1. The molecule has 2 rings (SSSR count). The number of methoxy groups -OCH3 is 1. The van der Waals surface area contributed by atoms with Gasteiger partial charge in [-0.25, -0.2) is 4.39 Å². The van der Waals surface area contributed by atoms with Crippen LogP contribution in [0.3, 0.4) is 0 Å². The second-order valence-corrected chi connectivity index (χ2v) is 5.36. The first kappa shape index (κ1) is 17.1. The molecule has 0 aliphatic heterocycles. The van der Waals surface area contributed by atoms with Crippen molar-refractivity contribution in [1.82, 2.24) is 5.32 Å². The van der Waals surface area contributed by atoms with Crippen molar-refractivity contribution in [1.29, 1.82) is 0 Å². The van der Waals surface area contributed by atoms with E-state index >= 15 is 0 Å². The van der Waals surface area contributed by atoms with Crippen molar-refractivity contribution in [3.05, 3.63) is 58.9 Å². The van der Waals surface area contributed by atoms with E-state index < -0.39 is 5.82 Å². The number of ether oxygens (including phenoxy) is 2. The Morgan fingerprint density at radius 1 is 1.26 bits per heavy atom. The average Bonchev–Trinajstić information content (AvgIpc) is 2.54. The Balaban J connectivity index is 1.89. The predicted molar refractivity (Wildman–Crippen MR) is 86.5 cm³/mol. The molecule has 2 aromatic carbocycles. The third-order valence-corrected chi connectivity index (χ3v) is 3.49. The first-order valence-corrected chi connectivity index (χ1v) is 7.38. The Bertz CT molecular complexity index is 676. The van der Waals surface area contributed by atoms with Crippen LogP contribution in [0.5, 0.6) is 11.5 Å². The summed E-state index contributed by atoms with van der Waals surface area (Å²) in [7, 11) is 1.40. The van der Waals surface area contributed by atoms with E-state index in [-0.39, 0.29) is 24.3 Å². The van der Waals surface area contributed by atoms with E-state index in [0.717, 1.165) is 0 Å². The van der Waals surface area contributed by atoms with E-state index in [1.807, 2.05) is 0 Å². The minimum atomic E-state index is -0.469. The zero-order chi connectivity index (χ0) is 16.8. The molecule has 122 valence electrons. The second kappa shape index (κ2) is 7.83. The largest absolute Gasteiger partial charge is 0.494 e. The van der Waals surface area contributed by atoms with Crippen molar-refractivity contribution < 1.29 is 18.7 Å². The lowest BCUT2D eigenvalue weighted by Gasteiger charge is -2.15. The molecule has 6 heteroatoms. The van der Waals surface area contributed by atoms with Crippen molar-refractivity contribution in [3.63, 3.8) is 0 Å². The molecule has 0 heterocycles. The van der Waals surface area contributed by atoms with Crippen LogP contribution in [-0.4, -0.2) is 19.6 Å². The number of nitrogens with one attached hydrogen (secondary N) is 1.